The van der Waals surface area contributed by atoms with Gasteiger partial charge in [0.15, 0.2) is 0 Å². The number of carboxylic acids is 1. The number of unbranched alkanes of at least 4 members (excludes halogenated alkanes) is 1. The highest BCUT2D eigenvalue weighted by molar-refractivity contribution is 5.96. The van der Waals surface area contributed by atoms with Crippen LogP contribution in [0.1, 0.15) is 79.6 Å². The number of hydrogen-bond acceptors (Lipinski definition) is 8. The lowest BCUT2D eigenvalue weighted by Crippen LogP contribution is -2.60. The Morgan fingerprint density at radius 1 is 0.900 bits per heavy atom. The molecule has 0 saturated carbocycles. The second-order valence-electron chi connectivity index (χ2n) is 11.5. The van der Waals surface area contributed by atoms with Crippen molar-refractivity contribution in [3.63, 3.8) is 0 Å². The first kappa shape index (κ1) is 35.3. The average Bonchev–Trinajstić information content (AvgIpc) is 3.35. The Labute approximate surface area is 237 Å². The predicted molar refractivity (Wildman–Crippen MR) is 150 cm³/mol. The van der Waals surface area contributed by atoms with Gasteiger partial charge in [0, 0.05) is 6.54 Å². The number of likely N-dealkylation sites (tertiary alicyclic amines) is 1. The van der Waals surface area contributed by atoms with Gasteiger partial charge in [-0.1, -0.05) is 27.7 Å². The van der Waals surface area contributed by atoms with Gasteiger partial charge in [0.2, 0.25) is 23.6 Å². The third-order valence-corrected chi connectivity index (χ3v) is 6.85. The molecular formula is C27H50N6O7. The fourth-order valence-corrected chi connectivity index (χ4v) is 4.74. The van der Waals surface area contributed by atoms with Crippen LogP contribution in [-0.4, -0.2) is 94.1 Å². The third kappa shape index (κ3) is 11.4. The minimum atomic E-state index is -1.29. The summed E-state index contributed by atoms with van der Waals surface area (Å²) in [7, 11) is 0. The summed E-state index contributed by atoms with van der Waals surface area (Å²) in [5.41, 5.74) is 11.4. The largest absolute Gasteiger partial charge is 0.480 e. The monoisotopic (exact) mass is 570 g/mol. The van der Waals surface area contributed by atoms with Crippen LogP contribution in [0.5, 0.6) is 0 Å². The lowest BCUT2D eigenvalue weighted by atomic mass is 10.0. The molecule has 1 fully saturated rings. The van der Waals surface area contributed by atoms with Crippen LogP contribution in [0.4, 0.5) is 0 Å². The standard InChI is InChI=1S/C27H50N6O7/c1-15(2)13-18(29)23(35)32-22(17(5)34)26(38)33-12-8-10-21(33)25(37)31-20(14-16(3)4)24(36)30-19(27(39)40)9-6-7-11-28/h15-22,34H,6-14,28-29H2,1-5H3,(H,30,36)(H,31,37)(H,32,35)(H,39,40)/t17-,18+,19+,20+,21+,22+/m1/s1. The van der Waals surface area contributed by atoms with Crippen molar-refractivity contribution in [1.29, 1.82) is 0 Å². The van der Waals surface area contributed by atoms with Crippen LogP contribution in [0.15, 0.2) is 0 Å². The molecule has 0 aromatic carbocycles. The second kappa shape index (κ2) is 17.1. The SMILES string of the molecule is CC(C)C[C@H](NC(=O)[C@@H]1CCCN1C(=O)[C@@H](NC(=O)[C@@H](N)CC(C)C)[C@@H](C)O)C(=O)N[C@@H](CCCCN)C(=O)O. The molecule has 4 amide bonds. The number of aliphatic hydroxyl groups is 1. The number of carboxylic acid groups (broad SMARTS) is 1. The number of nitrogens with zero attached hydrogens (tertiary/aromatic N) is 1. The highest BCUT2D eigenvalue weighted by Gasteiger charge is 2.40. The maximum atomic E-state index is 13.4. The molecule has 40 heavy (non-hydrogen) atoms. The molecule has 9 N–H and O–H groups in total. The highest BCUT2D eigenvalue weighted by atomic mass is 16.4. The Hall–Kier alpha value is -2.77. The van der Waals surface area contributed by atoms with E-state index in [0.717, 1.165) is 0 Å². The van der Waals surface area contributed by atoms with Crippen LogP contribution in [0.3, 0.4) is 0 Å². The fraction of sp³-hybridized carbons (Fsp3) is 0.815. The van der Waals surface area contributed by atoms with E-state index in [9.17, 15) is 34.2 Å². The van der Waals surface area contributed by atoms with E-state index in [1.807, 2.05) is 27.7 Å². The molecule has 0 bridgehead atoms. The summed E-state index contributed by atoms with van der Waals surface area (Å²) < 4.78 is 0. The first-order valence-corrected chi connectivity index (χ1v) is 14.3. The summed E-state index contributed by atoms with van der Waals surface area (Å²) in [6.45, 7) is 9.58. The highest BCUT2D eigenvalue weighted by Crippen LogP contribution is 2.20. The number of rotatable bonds is 17. The zero-order valence-electron chi connectivity index (χ0n) is 24.5. The van der Waals surface area contributed by atoms with E-state index in [-0.39, 0.29) is 31.2 Å². The summed E-state index contributed by atoms with van der Waals surface area (Å²) in [5, 5.41) is 27.6. The van der Waals surface area contributed by atoms with Crippen LogP contribution in [0.2, 0.25) is 0 Å². The molecule has 1 heterocycles. The second-order valence-corrected chi connectivity index (χ2v) is 11.5. The quantitative estimate of drug-likeness (QED) is 0.111. The first-order chi connectivity index (χ1) is 18.7. The molecule has 13 heteroatoms. The molecule has 230 valence electrons. The van der Waals surface area contributed by atoms with Crippen molar-refractivity contribution < 1.29 is 34.2 Å². The van der Waals surface area contributed by atoms with Gasteiger partial charge in [0.05, 0.1) is 12.1 Å². The van der Waals surface area contributed by atoms with Gasteiger partial charge in [0.1, 0.15) is 24.2 Å². The zero-order valence-corrected chi connectivity index (χ0v) is 24.5. The number of hydrogen-bond donors (Lipinski definition) is 7. The van der Waals surface area contributed by atoms with Crippen LogP contribution in [-0.2, 0) is 24.0 Å². The minimum absolute atomic E-state index is 0.00256. The molecular weight excluding hydrogens is 520 g/mol. The number of nitrogens with one attached hydrogen (secondary N) is 3. The maximum Gasteiger partial charge on any atom is 0.326 e. The van der Waals surface area contributed by atoms with Crippen molar-refractivity contribution in [2.24, 2.45) is 23.3 Å². The van der Waals surface area contributed by atoms with E-state index >= 15 is 0 Å². The number of carbonyl (C=O) groups excluding carboxylic acids is 4. The van der Waals surface area contributed by atoms with Gasteiger partial charge < -0.3 is 42.5 Å². The van der Waals surface area contributed by atoms with Crippen molar-refractivity contribution in [1.82, 2.24) is 20.9 Å². The van der Waals surface area contributed by atoms with Crippen molar-refractivity contribution >= 4 is 29.6 Å². The zero-order chi connectivity index (χ0) is 30.6. The van der Waals surface area contributed by atoms with Crippen molar-refractivity contribution in [2.45, 2.75) is 116 Å². The molecule has 0 spiro atoms. The summed E-state index contributed by atoms with van der Waals surface area (Å²) in [4.78, 5) is 65.4. The number of carbonyl (C=O) groups is 5. The van der Waals surface area contributed by atoms with Gasteiger partial charge in [-0.3, -0.25) is 19.2 Å². The Bertz CT molecular complexity index is 866. The first-order valence-electron chi connectivity index (χ1n) is 14.3. The van der Waals surface area contributed by atoms with Crippen LogP contribution < -0.4 is 27.4 Å². The molecule has 0 aromatic rings. The van der Waals surface area contributed by atoms with E-state index in [2.05, 4.69) is 16.0 Å². The summed E-state index contributed by atoms with van der Waals surface area (Å²) in [5.74, 6) is -3.38. The van der Waals surface area contributed by atoms with Crippen LogP contribution in [0.25, 0.3) is 0 Å². The van der Waals surface area contributed by atoms with Crippen molar-refractivity contribution in [3.8, 4) is 0 Å². The van der Waals surface area contributed by atoms with Gasteiger partial charge in [-0.25, -0.2) is 4.79 Å². The van der Waals surface area contributed by atoms with Gasteiger partial charge in [-0.15, -0.1) is 0 Å². The lowest BCUT2D eigenvalue weighted by molar-refractivity contribution is -0.145. The van der Waals surface area contributed by atoms with E-state index in [4.69, 9.17) is 11.5 Å². The summed E-state index contributed by atoms with van der Waals surface area (Å²) in [6.07, 6.45) is 1.62. The van der Waals surface area contributed by atoms with E-state index in [1.54, 1.807) is 0 Å². The number of amides is 4. The van der Waals surface area contributed by atoms with E-state index < -0.39 is 65.9 Å². The molecule has 0 radical (unpaired) electrons. The number of aliphatic carboxylic acids is 1. The Morgan fingerprint density at radius 3 is 2.05 bits per heavy atom. The third-order valence-electron chi connectivity index (χ3n) is 6.85. The van der Waals surface area contributed by atoms with Gasteiger partial charge in [-0.05, 0) is 70.3 Å². The lowest BCUT2D eigenvalue weighted by Gasteiger charge is -2.31. The summed E-state index contributed by atoms with van der Waals surface area (Å²) >= 11 is 0. The molecule has 1 aliphatic rings. The van der Waals surface area contributed by atoms with Crippen LogP contribution in [0, 0.1) is 11.8 Å². The Balaban J connectivity index is 3.01. The predicted octanol–water partition coefficient (Wildman–Crippen LogP) is -0.554. The number of aliphatic hydroxyl groups excluding tert-OH is 1. The summed E-state index contributed by atoms with van der Waals surface area (Å²) in [6, 6.07) is -5.20. The van der Waals surface area contributed by atoms with Crippen molar-refractivity contribution in [2.75, 3.05) is 13.1 Å². The maximum absolute atomic E-state index is 13.4. The van der Waals surface area contributed by atoms with Gasteiger partial charge in [0.25, 0.3) is 0 Å². The minimum Gasteiger partial charge on any atom is -0.480 e. The molecule has 13 nitrogen and oxygen atoms in total. The van der Waals surface area contributed by atoms with Crippen molar-refractivity contribution in [3.05, 3.63) is 0 Å². The molecule has 0 aromatic heterocycles. The van der Waals surface area contributed by atoms with E-state index in [1.165, 1.54) is 11.8 Å². The van der Waals surface area contributed by atoms with Crippen LogP contribution >= 0.6 is 0 Å². The fourth-order valence-electron chi connectivity index (χ4n) is 4.74. The Kier molecular flexibility index (Phi) is 15.1. The average molecular weight is 571 g/mol. The normalized spacial score (nSPS) is 19.1. The molecule has 1 saturated heterocycles. The van der Waals surface area contributed by atoms with Gasteiger partial charge in [-0.2, -0.15) is 0 Å². The number of nitrogens with two attached hydrogens (primary N) is 2. The van der Waals surface area contributed by atoms with E-state index in [0.29, 0.717) is 38.6 Å². The molecule has 6 atom stereocenters. The molecule has 1 rings (SSSR count). The smallest absolute Gasteiger partial charge is 0.326 e. The molecule has 0 aliphatic carbocycles. The Morgan fingerprint density at radius 2 is 1.52 bits per heavy atom. The molecule has 1 aliphatic heterocycles. The molecule has 0 unspecified atom stereocenters. The topological polar surface area (TPSA) is 217 Å². The van der Waals surface area contributed by atoms with Gasteiger partial charge >= 0.3 is 5.97 Å².